The fraction of sp³-hybridized carbons (Fsp3) is 0.231. The van der Waals surface area contributed by atoms with Crippen LogP contribution < -0.4 is 11.0 Å². The number of nitrogens with one attached hydrogen (secondary N) is 1. The molecule has 0 fully saturated rings. The molecule has 0 atom stereocenters. The number of aryl methyl sites for hydroxylation is 1. The van der Waals surface area contributed by atoms with E-state index in [9.17, 15) is 22.8 Å². The maximum absolute atomic E-state index is 12.5. The molecular weight excluding hydrogens is 347 g/mol. The summed E-state index contributed by atoms with van der Waals surface area (Å²) in [7, 11) is 1.57. The highest BCUT2D eigenvalue weighted by molar-refractivity contribution is 7.15. The Labute approximate surface area is 136 Å². The molecule has 1 aromatic carbocycles. The Morgan fingerprint density at radius 2 is 1.92 bits per heavy atom. The van der Waals surface area contributed by atoms with Gasteiger partial charge in [0.05, 0.1) is 11.0 Å². The fourth-order valence-electron chi connectivity index (χ4n) is 2.21. The summed E-state index contributed by atoms with van der Waals surface area (Å²) in [6.45, 7) is -0.346. The molecule has 1 amide bonds. The maximum atomic E-state index is 12.5. The van der Waals surface area contributed by atoms with Crippen molar-refractivity contribution in [3.8, 4) is 0 Å². The van der Waals surface area contributed by atoms with Crippen LogP contribution in [0.5, 0.6) is 0 Å². The lowest BCUT2D eigenvalue weighted by Crippen LogP contribution is -2.28. The Balaban J connectivity index is 1.82. The van der Waals surface area contributed by atoms with Gasteiger partial charge in [-0.1, -0.05) is 23.5 Å². The van der Waals surface area contributed by atoms with E-state index in [0.29, 0.717) is 11.0 Å². The Morgan fingerprint density at radius 3 is 2.54 bits per heavy atom. The number of anilines is 1. The first-order valence-electron chi connectivity index (χ1n) is 6.62. The Bertz CT molecular complexity index is 972. The van der Waals surface area contributed by atoms with Crippen molar-refractivity contribution < 1.29 is 18.0 Å². The molecule has 3 aromatic rings. The van der Waals surface area contributed by atoms with Gasteiger partial charge < -0.3 is 0 Å². The minimum absolute atomic E-state index is 0.220. The number of carbonyl (C=O) groups is 1. The number of fused-ring (bicyclic) bond motifs is 1. The summed E-state index contributed by atoms with van der Waals surface area (Å²) in [6, 6.07) is 6.88. The Hall–Kier alpha value is -2.69. The molecule has 0 saturated heterocycles. The number of halogens is 3. The smallest absolute Gasteiger partial charge is 0.299 e. The summed E-state index contributed by atoms with van der Waals surface area (Å²) in [6.07, 6.45) is -4.62. The monoisotopic (exact) mass is 357 g/mol. The van der Waals surface area contributed by atoms with Gasteiger partial charge >= 0.3 is 11.9 Å². The van der Waals surface area contributed by atoms with E-state index in [1.165, 1.54) is 9.13 Å². The molecule has 24 heavy (non-hydrogen) atoms. The number of nitrogens with zero attached hydrogens (tertiary/aromatic N) is 4. The van der Waals surface area contributed by atoms with Gasteiger partial charge in [0, 0.05) is 7.05 Å². The zero-order valence-corrected chi connectivity index (χ0v) is 13.0. The van der Waals surface area contributed by atoms with Crippen LogP contribution in [0.2, 0.25) is 0 Å². The van der Waals surface area contributed by atoms with Crippen molar-refractivity contribution in [2.75, 3.05) is 5.32 Å². The molecule has 0 aliphatic rings. The number of carbonyl (C=O) groups excluding carboxylic acids is 1. The normalized spacial score (nSPS) is 11.8. The van der Waals surface area contributed by atoms with Gasteiger partial charge in [0.15, 0.2) is 0 Å². The first kappa shape index (κ1) is 16.2. The van der Waals surface area contributed by atoms with Crippen molar-refractivity contribution in [2.45, 2.75) is 12.7 Å². The van der Waals surface area contributed by atoms with Crippen molar-refractivity contribution in [2.24, 2.45) is 7.05 Å². The largest absolute Gasteiger partial charge is 0.445 e. The van der Waals surface area contributed by atoms with Crippen LogP contribution in [-0.4, -0.2) is 25.2 Å². The number of para-hydroxylation sites is 2. The molecule has 0 aliphatic heterocycles. The van der Waals surface area contributed by atoms with Gasteiger partial charge in [0.2, 0.25) is 16.0 Å². The van der Waals surface area contributed by atoms with Crippen LogP contribution in [0.25, 0.3) is 11.0 Å². The fourth-order valence-corrected chi connectivity index (χ4v) is 2.83. The quantitative estimate of drug-likeness (QED) is 0.776. The van der Waals surface area contributed by atoms with Crippen LogP contribution in [0.4, 0.5) is 18.3 Å². The van der Waals surface area contributed by atoms with Crippen LogP contribution in [0.1, 0.15) is 5.01 Å². The lowest BCUT2D eigenvalue weighted by atomic mass is 10.3. The second kappa shape index (κ2) is 5.74. The summed E-state index contributed by atoms with van der Waals surface area (Å²) in [4.78, 5) is 24.2. The Kier molecular flexibility index (Phi) is 3.87. The van der Waals surface area contributed by atoms with Crippen LogP contribution in [0.3, 0.4) is 0 Å². The molecule has 0 bridgehead atoms. The van der Waals surface area contributed by atoms with Crippen LogP contribution in [0.15, 0.2) is 29.1 Å². The first-order valence-corrected chi connectivity index (χ1v) is 7.44. The van der Waals surface area contributed by atoms with E-state index in [-0.39, 0.29) is 23.0 Å². The van der Waals surface area contributed by atoms with E-state index in [1.54, 1.807) is 31.3 Å². The highest BCUT2D eigenvalue weighted by Gasteiger charge is 2.35. The van der Waals surface area contributed by atoms with Gasteiger partial charge in [-0.25, -0.2) is 4.79 Å². The molecule has 3 rings (SSSR count). The number of alkyl halides is 3. The van der Waals surface area contributed by atoms with Crippen molar-refractivity contribution >= 4 is 33.4 Å². The molecule has 0 aliphatic carbocycles. The molecule has 0 spiro atoms. The number of aromatic nitrogens is 4. The predicted molar refractivity (Wildman–Crippen MR) is 80.7 cm³/mol. The van der Waals surface area contributed by atoms with Crippen molar-refractivity contribution in [3.63, 3.8) is 0 Å². The van der Waals surface area contributed by atoms with Crippen molar-refractivity contribution in [3.05, 3.63) is 39.8 Å². The molecule has 7 nitrogen and oxygen atoms in total. The van der Waals surface area contributed by atoms with Crippen LogP contribution in [-0.2, 0) is 24.6 Å². The molecule has 1 N–H and O–H groups in total. The third kappa shape index (κ3) is 2.89. The molecule has 2 heterocycles. The highest BCUT2D eigenvalue weighted by atomic mass is 32.1. The summed E-state index contributed by atoms with van der Waals surface area (Å²) in [5, 5.41) is 7.04. The molecule has 0 saturated carbocycles. The molecule has 126 valence electrons. The van der Waals surface area contributed by atoms with Crippen molar-refractivity contribution in [1.82, 2.24) is 19.3 Å². The summed E-state index contributed by atoms with van der Waals surface area (Å²) in [5.74, 6) is -0.668. The number of hydrogen-bond donors (Lipinski definition) is 1. The van der Waals surface area contributed by atoms with Gasteiger partial charge in [-0.3, -0.25) is 19.2 Å². The lowest BCUT2D eigenvalue weighted by Gasteiger charge is -2.03. The minimum Gasteiger partial charge on any atom is -0.299 e. The number of rotatable bonds is 3. The Morgan fingerprint density at radius 1 is 1.25 bits per heavy atom. The molecule has 2 aromatic heterocycles. The average molecular weight is 357 g/mol. The van der Waals surface area contributed by atoms with E-state index in [4.69, 9.17) is 0 Å². The zero-order chi connectivity index (χ0) is 17.5. The zero-order valence-electron chi connectivity index (χ0n) is 12.2. The van der Waals surface area contributed by atoms with Gasteiger partial charge in [-0.15, -0.1) is 10.2 Å². The summed E-state index contributed by atoms with van der Waals surface area (Å²) < 4.78 is 40.0. The standard InChI is InChI=1S/C13H10F3N5O2S/c1-20-7-4-2-3-5-8(7)21(12(20)23)6-9(22)17-11-19-18-10(24-11)13(14,15)16/h2-5H,6H2,1H3,(H,17,19,22). The van der Waals surface area contributed by atoms with E-state index < -0.39 is 22.8 Å². The highest BCUT2D eigenvalue weighted by Crippen LogP contribution is 2.32. The molecule has 0 unspecified atom stereocenters. The second-order valence-corrected chi connectivity index (χ2v) is 5.85. The predicted octanol–water partition coefficient (Wildman–Crippen LogP) is 1.85. The summed E-state index contributed by atoms with van der Waals surface area (Å²) in [5.41, 5.74) is 0.790. The molecule has 11 heteroatoms. The topological polar surface area (TPSA) is 81.8 Å². The average Bonchev–Trinajstić information content (AvgIpc) is 3.07. The first-order chi connectivity index (χ1) is 11.3. The number of hydrogen-bond acceptors (Lipinski definition) is 5. The van der Waals surface area contributed by atoms with Crippen LogP contribution >= 0.6 is 11.3 Å². The van der Waals surface area contributed by atoms with Gasteiger partial charge in [-0.2, -0.15) is 13.2 Å². The molecule has 0 radical (unpaired) electrons. The van der Waals surface area contributed by atoms with Gasteiger partial charge in [0.1, 0.15) is 6.54 Å². The maximum Gasteiger partial charge on any atom is 0.445 e. The lowest BCUT2D eigenvalue weighted by molar-refractivity contribution is -0.138. The van der Waals surface area contributed by atoms with E-state index in [2.05, 4.69) is 15.5 Å². The van der Waals surface area contributed by atoms with E-state index in [0.717, 1.165) is 0 Å². The van der Waals surface area contributed by atoms with E-state index >= 15 is 0 Å². The molecular formula is C13H10F3N5O2S. The second-order valence-electron chi connectivity index (χ2n) is 4.87. The number of benzene rings is 1. The summed E-state index contributed by atoms with van der Waals surface area (Å²) >= 11 is 0.220. The third-order valence-electron chi connectivity index (χ3n) is 3.27. The van der Waals surface area contributed by atoms with Gasteiger partial charge in [-0.05, 0) is 12.1 Å². The van der Waals surface area contributed by atoms with Gasteiger partial charge in [0.25, 0.3) is 0 Å². The minimum atomic E-state index is -4.62. The number of amides is 1. The third-order valence-corrected chi connectivity index (χ3v) is 4.15. The van der Waals surface area contributed by atoms with Crippen molar-refractivity contribution in [1.29, 1.82) is 0 Å². The van der Waals surface area contributed by atoms with Crippen LogP contribution in [0, 0.1) is 0 Å². The number of imidazole rings is 1. The van der Waals surface area contributed by atoms with E-state index in [1.807, 2.05) is 0 Å². The SMILES string of the molecule is Cn1c(=O)n(CC(=O)Nc2nnc(C(F)(F)F)s2)c2ccccc21.